The third kappa shape index (κ3) is 8.14. The van der Waals surface area contributed by atoms with Crippen LogP contribution >= 0.6 is 0 Å². The van der Waals surface area contributed by atoms with Gasteiger partial charge in [-0.15, -0.1) is 0 Å². The van der Waals surface area contributed by atoms with E-state index in [1.807, 2.05) is 0 Å². The van der Waals surface area contributed by atoms with Gasteiger partial charge in [-0.05, 0) is 32.1 Å². The molecule has 0 heterocycles. The minimum atomic E-state index is 0.462. The van der Waals surface area contributed by atoms with Crippen LogP contribution in [0, 0.1) is 0 Å². The molecule has 1 nitrogen and oxygen atoms in total. The minimum absolute atomic E-state index is 0.462. The Kier molecular flexibility index (Phi) is 9.21. The van der Waals surface area contributed by atoms with Crippen molar-refractivity contribution in [1.82, 2.24) is 5.32 Å². The maximum atomic E-state index is 4.21. The lowest BCUT2D eigenvalue weighted by atomic mass is 10.0. The summed E-state index contributed by atoms with van der Waals surface area (Å²) in [5.41, 5.74) is 3.79. The summed E-state index contributed by atoms with van der Waals surface area (Å²) in [6, 6.07) is 0.462. The van der Waals surface area contributed by atoms with Crippen LogP contribution in [0.5, 0.6) is 0 Å². The number of hydrogen-bond acceptors (Lipinski definition) is 1. The molecule has 21 heavy (non-hydrogen) atoms. The molecule has 1 rings (SSSR count). The first-order valence-corrected chi connectivity index (χ1v) is 8.92. The topological polar surface area (TPSA) is 12.0 Å². The summed E-state index contributed by atoms with van der Waals surface area (Å²) in [5, 5.41) is 3.53. The van der Waals surface area contributed by atoms with Gasteiger partial charge in [0.1, 0.15) is 0 Å². The molecule has 1 saturated carbocycles. The van der Waals surface area contributed by atoms with Crippen LogP contribution in [0.2, 0.25) is 0 Å². The lowest BCUT2D eigenvalue weighted by molar-refractivity contribution is 0.584. The highest BCUT2D eigenvalue weighted by Gasteiger charge is 2.18. The molecule has 0 spiro atoms. The second-order valence-corrected chi connectivity index (χ2v) is 6.65. The van der Waals surface area contributed by atoms with E-state index in [-0.39, 0.29) is 0 Å². The van der Waals surface area contributed by atoms with E-state index in [0.29, 0.717) is 6.04 Å². The number of rotatable bonds is 12. The van der Waals surface area contributed by atoms with Gasteiger partial charge in [0.2, 0.25) is 0 Å². The summed E-state index contributed by atoms with van der Waals surface area (Å²) in [6.07, 6.45) is 15.3. The molecule has 0 radical (unpaired) electrons. The third-order valence-corrected chi connectivity index (χ3v) is 4.46. The lowest BCUT2D eigenvalue weighted by Crippen LogP contribution is -2.26. The molecule has 0 amide bonds. The fourth-order valence-corrected chi connectivity index (χ4v) is 3.11. The standard InChI is InChI=1S/C20H35N/c1-5-6-7-8-9-10-11-13-17(2)16-19(4)21-20-15-12-14-18(20)3/h20-21H,2-16H2,1H3. The largest absolute Gasteiger partial charge is 0.382 e. The van der Waals surface area contributed by atoms with Crippen molar-refractivity contribution >= 4 is 0 Å². The van der Waals surface area contributed by atoms with Gasteiger partial charge in [0, 0.05) is 18.2 Å². The van der Waals surface area contributed by atoms with Crippen LogP contribution < -0.4 is 5.32 Å². The van der Waals surface area contributed by atoms with Crippen LogP contribution in [0.1, 0.15) is 84.0 Å². The van der Waals surface area contributed by atoms with Crippen LogP contribution in [0.25, 0.3) is 0 Å². The average molecular weight is 290 g/mol. The van der Waals surface area contributed by atoms with Crippen LogP contribution in [0.4, 0.5) is 0 Å². The first-order valence-electron chi connectivity index (χ1n) is 8.92. The highest BCUT2D eigenvalue weighted by molar-refractivity contribution is 5.16. The van der Waals surface area contributed by atoms with Crippen LogP contribution in [0.3, 0.4) is 0 Å². The molecule has 0 aromatic heterocycles. The van der Waals surface area contributed by atoms with Crippen LogP contribution in [-0.4, -0.2) is 6.04 Å². The van der Waals surface area contributed by atoms with Crippen molar-refractivity contribution in [2.24, 2.45) is 0 Å². The van der Waals surface area contributed by atoms with Gasteiger partial charge >= 0.3 is 0 Å². The Bertz CT molecular complexity index is 340. The predicted molar refractivity (Wildman–Crippen MR) is 95.4 cm³/mol. The Morgan fingerprint density at radius 3 is 2.38 bits per heavy atom. The summed E-state index contributed by atoms with van der Waals surface area (Å²) >= 11 is 0. The van der Waals surface area contributed by atoms with Gasteiger partial charge in [0.15, 0.2) is 0 Å². The third-order valence-electron chi connectivity index (χ3n) is 4.46. The maximum Gasteiger partial charge on any atom is 0.0468 e. The Balaban J connectivity index is 2.02. The zero-order chi connectivity index (χ0) is 15.5. The highest BCUT2D eigenvalue weighted by Crippen LogP contribution is 2.24. The smallest absolute Gasteiger partial charge is 0.0468 e. The van der Waals surface area contributed by atoms with Gasteiger partial charge in [-0.25, -0.2) is 0 Å². The Hall–Kier alpha value is -0.980. The molecule has 120 valence electrons. The van der Waals surface area contributed by atoms with Gasteiger partial charge < -0.3 is 5.32 Å². The highest BCUT2D eigenvalue weighted by atomic mass is 14.9. The fraction of sp³-hybridized carbons (Fsp3) is 0.700. The number of allylic oxidation sites excluding steroid dienone is 1. The molecular formula is C20H35N. The molecule has 1 fully saturated rings. The first kappa shape index (κ1) is 18.1. The van der Waals surface area contributed by atoms with Crippen molar-refractivity contribution in [3.63, 3.8) is 0 Å². The average Bonchev–Trinajstić information content (AvgIpc) is 2.83. The summed E-state index contributed by atoms with van der Waals surface area (Å²) < 4.78 is 0. The molecule has 1 N–H and O–H groups in total. The molecular weight excluding hydrogens is 254 g/mol. The molecule has 1 atom stereocenters. The second-order valence-electron chi connectivity index (χ2n) is 6.65. The molecule has 0 aromatic carbocycles. The van der Waals surface area contributed by atoms with E-state index in [9.17, 15) is 0 Å². The lowest BCUT2D eigenvalue weighted by Gasteiger charge is -2.18. The van der Waals surface area contributed by atoms with Gasteiger partial charge in [0.05, 0.1) is 0 Å². The zero-order valence-corrected chi connectivity index (χ0v) is 14.2. The van der Waals surface area contributed by atoms with E-state index in [2.05, 4.69) is 32.0 Å². The van der Waals surface area contributed by atoms with Crippen molar-refractivity contribution in [3.05, 3.63) is 36.6 Å². The maximum absolute atomic E-state index is 4.21. The fourth-order valence-electron chi connectivity index (χ4n) is 3.11. The van der Waals surface area contributed by atoms with Crippen molar-refractivity contribution in [3.8, 4) is 0 Å². The summed E-state index contributed by atoms with van der Waals surface area (Å²) in [6.45, 7) is 14.8. The van der Waals surface area contributed by atoms with Crippen molar-refractivity contribution in [2.45, 2.75) is 90.0 Å². The van der Waals surface area contributed by atoms with E-state index in [1.54, 1.807) is 0 Å². The van der Waals surface area contributed by atoms with E-state index >= 15 is 0 Å². The van der Waals surface area contributed by atoms with E-state index < -0.39 is 0 Å². The van der Waals surface area contributed by atoms with E-state index in [0.717, 1.165) is 18.5 Å². The van der Waals surface area contributed by atoms with Crippen molar-refractivity contribution in [2.75, 3.05) is 0 Å². The van der Waals surface area contributed by atoms with Crippen LogP contribution in [0.15, 0.2) is 36.6 Å². The SMILES string of the molecule is C=C(CCCCCCCCC)CC(=C)NC1CCCC1=C. The monoisotopic (exact) mass is 289 g/mol. The number of unbranched alkanes of at least 4 members (excludes halogenated alkanes) is 6. The van der Waals surface area contributed by atoms with Crippen LogP contribution in [-0.2, 0) is 0 Å². The Labute approximate surface area is 132 Å². The van der Waals surface area contributed by atoms with Gasteiger partial charge in [-0.3, -0.25) is 0 Å². The summed E-state index contributed by atoms with van der Waals surface area (Å²) in [5.74, 6) is 0. The van der Waals surface area contributed by atoms with Crippen molar-refractivity contribution < 1.29 is 0 Å². The summed E-state index contributed by atoms with van der Waals surface area (Å²) in [7, 11) is 0. The van der Waals surface area contributed by atoms with E-state index in [1.165, 1.54) is 75.4 Å². The molecule has 1 aliphatic carbocycles. The molecule has 0 saturated heterocycles. The summed E-state index contributed by atoms with van der Waals surface area (Å²) in [4.78, 5) is 0. The van der Waals surface area contributed by atoms with Gasteiger partial charge in [0.25, 0.3) is 0 Å². The zero-order valence-electron chi connectivity index (χ0n) is 14.2. The van der Waals surface area contributed by atoms with E-state index in [4.69, 9.17) is 0 Å². The minimum Gasteiger partial charge on any atom is -0.382 e. The second kappa shape index (κ2) is 10.7. The predicted octanol–water partition coefficient (Wildman–Crippen LogP) is 6.29. The number of nitrogens with one attached hydrogen (secondary N) is 1. The quantitative estimate of drug-likeness (QED) is 0.329. The Morgan fingerprint density at radius 2 is 1.76 bits per heavy atom. The van der Waals surface area contributed by atoms with Crippen molar-refractivity contribution in [1.29, 1.82) is 0 Å². The molecule has 1 aliphatic rings. The van der Waals surface area contributed by atoms with Gasteiger partial charge in [-0.2, -0.15) is 0 Å². The number of hydrogen-bond donors (Lipinski definition) is 1. The Morgan fingerprint density at radius 1 is 1.10 bits per heavy atom. The first-order chi connectivity index (χ1) is 10.1. The molecule has 1 unspecified atom stereocenters. The molecule has 1 heteroatoms. The van der Waals surface area contributed by atoms with Gasteiger partial charge in [-0.1, -0.05) is 76.3 Å². The molecule has 0 aromatic rings. The molecule has 0 bridgehead atoms. The normalized spacial score (nSPS) is 18.0. The molecule has 0 aliphatic heterocycles.